The van der Waals surface area contributed by atoms with Crippen molar-refractivity contribution in [2.24, 2.45) is 0 Å². The molecule has 0 aliphatic heterocycles. The lowest BCUT2D eigenvalue weighted by molar-refractivity contribution is 0.441. The molecule has 0 saturated carbocycles. The van der Waals surface area contributed by atoms with E-state index in [0.717, 1.165) is 0 Å². The van der Waals surface area contributed by atoms with Gasteiger partial charge in [-0.25, -0.2) is 0 Å². The molecule has 0 aliphatic carbocycles. The number of hydrogen-bond donors (Lipinski definition) is 1. The Kier molecular flexibility index (Phi) is 6.65. The van der Waals surface area contributed by atoms with E-state index in [1.54, 1.807) is 11.3 Å². The van der Waals surface area contributed by atoms with Crippen molar-refractivity contribution in [2.75, 3.05) is 0 Å². The summed E-state index contributed by atoms with van der Waals surface area (Å²) in [5, 5.41) is 3.63. The van der Waals surface area contributed by atoms with E-state index < -0.39 is 0 Å². The minimum absolute atomic E-state index is 0.439. The standard InChI is InChI=1S/C13H24N2S/c1-4-5-6-7-8-11(2)15-12(3)13-9-14-10-16-13/h9-12,15H,4-8H2,1-3H3. The van der Waals surface area contributed by atoms with Crippen molar-refractivity contribution >= 4 is 11.3 Å². The summed E-state index contributed by atoms with van der Waals surface area (Å²) in [6.07, 6.45) is 8.65. The lowest BCUT2D eigenvalue weighted by Gasteiger charge is -2.18. The summed E-state index contributed by atoms with van der Waals surface area (Å²) in [4.78, 5) is 5.45. The van der Waals surface area contributed by atoms with Crippen molar-refractivity contribution in [1.82, 2.24) is 10.3 Å². The van der Waals surface area contributed by atoms with E-state index >= 15 is 0 Å². The third-order valence-corrected chi connectivity index (χ3v) is 3.86. The van der Waals surface area contributed by atoms with Gasteiger partial charge in [0.05, 0.1) is 5.51 Å². The van der Waals surface area contributed by atoms with E-state index in [1.807, 2.05) is 11.7 Å². The summed E-state index contributed by atoms with van der Waals surface area (Å²) in [5.41, 5.74) is 1.90. The van der Waals surface area contributed by atoms with Crippen molar-refractivity contribution in [3.63, 3.8) is 0 Å². The molecule has 92 valence electrons. The Balaban J connectivity index is 2.16. The maximum atomic E-state index is 4.12. The highest BCUT2D eigenvalue weighted by atomic mass is 32.1. The maximum absolute atomic E-state index is 4.12. The third-order valence-electron chi connectivity index (χ3n) is 2.90. The largest absolute Gasteiger partial charge is 0.307 e. The zero-order chi connectivity index (χ0) is 11.8. The number of aromatic nitrogens is 1. The number of unbranched alkanes of at least 4 members (excludes halogenated alkanes) is 3. The van der Waals surface area contributed by atoms with Gasteiger partial charge in [-0.15, -0.1) is 11.3 Å². The first-order valence-corrected chi connectivity index (χ1v) is 7.26. The second-order valence-electron chi connectivity index (χ2n) is 4.54. The lowest BCUT2D eigenvalue weighted by atomic mass is 10.1. The van der Waals surface area contributed by atoms with Gasteiger partial charge >= 0.3 is 0 Å². The molecule has 0 bridgehead atoms. The Morgan fingerprint density at radius 1 is 1.31 bits per heavy atom. The quantitative estimate of drug-likeness (QED) is 0.690. The summed E-state index contributed by atoms with van der Waals surface area (Å²) in [6.45, 7) is 6.76. The van der Waals surface area contributed by atoms with Crippen LogP contribution < -0.4 is 5.32 Å². The van der Waals surface area contributed by atoms with E-state index in [-0.39, 0.29) is 0 Å². The second kappa shape index (κ2) is 7.80. The fraction of sp³-hybridized carbons (Fsp3) is 0.769. The highest BCUT2D eigenvalue weighted by Crippen LogP contribution is 2.17. The monoisotopic (exact) mass is 240 g/mol. The van der Waals surface area contributed by atoms with Gasteiger partial charge in [-0.05, 0) is 20.3 Å². The fourth-order valence-electron chi connectivity index (χ4n) is 1.91. The minimum Gasteiger partial charge on any atom is -0.307 e. The van der Waals surface area contributed by atoms with Crippen molar-refractivity contribution in [2.45, 2.75) is 65.0 Å². The van der Waals surface area contributed by atoms with Gasteiger partial charge in [-0.1, -0.05) is 32.6 Å². The van der Waals surface area contributed by atoms with Gasteiger partial charge in [-0.3, -0.25) is 4.98 Å². The van der Waals surface area contributed by atoms with Gasteiger partial charge in [-0.2, -0.15) is 0 Å². The number of hydrogen-bond acceptors (Lipinski definition) is 3. The summed E-state index contributed by atoms with van der Waals surface area (Å²) >= 11 is 1.73. The third kappa shape index (κ3) is 5.08. The van der Waals surface area contributed by atoms with Crippen LogP contribution in [0.4, 0.5) is 0 Å². The molecule has 1 heterocycles. The van der Waals surface area contributed by atoms with Gasteiger partial charge in [0.1, 0.15) is 0 Å². The molecule has 1 aromatic heterocycles. The molecule has 16 heavy (non-hydrogen) atoms. The Labute approximate surface area is 103 Å². The van der Waals surface area contributed by atoms with Crippen molar-refractivity contribution in [1.29, 1.82) is 0 Å². The molecule has 0 radical (unpaired) electrons. The average Bonchev–Trinajstić information content (AvgIpc) is 2.77. The highest BCUT2D eigenvalue weighted by Gasteiger charge is 2.10. The van der Waals surface area contributed by atoms with Crippen LogP contribution in [0.15, 0.2) is 11.7 Å². The van der Waals surface area contributed by atoms with Gasteiger partial charge in [0.25, 0.3) is 0 Å². The number of nitrogens with one attached hydrogen (secondary N) is 1. The predicted octanol–water partition coefficient (Wildman–Crippen LogP) is 4.15. The maximum Gasteiger partial charge on any atom is 0.0794 e. The molecule has 3 heteroatoms. The van der Waals surface area contributed by atoms with E-state index in [9.17, 15) is 0 Å². The molecule has 0 aromatic carbocycles. The first-order chi connectivity index (χ1) is 7.74. The van der Waals surface area contributed by atoms with E-state index in [0.29, 0.717) is 12.1 Å². The van der Waals surface area contributed by atoms with Crippen LogP contribution >= 0.6 is 11.3 Å². The zero-order valence-corrected chi connectivity index (χ0v) is 11.5. The molecule has 2 atom stereocenters. The average molecular weight is 240 g/mol. The molecular formula is C13H24N2S. The molecule has 0 spiro atoms. The SMILES string of the molecule is CCCCCCC(C)NC(C)c1cncs1. The van der Waals surface area contributed by atoms with Gasteiger partial charge in [0.2, 0.25) is 0 Å². The molecule has 2 nitrogen and oxygen atoms in total. The van der Waals surface area contributed by atoms with Gasteiger partial charge in [0, 0.05) is 23.2 Å². The van der Waals surface area contributed by atoms with Crippen LogP contribution in [-0.2, 0) is 0 Å². The van der Waals surface area contributed by atoms with E-state index in [4.69, 9.17) is 0 Å². The number of nitrogens with zero attached hydrogens (tertiary/aromatic N) is 1. The molecule has 0 amide bonds. The van der Waals surface area contributed by atoms with Gasteiger partial charge < -0.3 is 5.32 Å². The molecule has 0 fully saturated rings. The molecule has 2 unspecified atom stereocenters. The van der Waals surface area contributed by atoms with Crippen molar-refractivity contribution in [3.8, 4) is 0 Å². The van der Waals surface area contributed by atoms with Crippen LogP contribution in [0.5, 0.6) is 0 Å². The summed E-state index contributed by atoms with van der Waals surface area (Å²) in [6, 6.07) is 1.04. The molecule has 1 N–H and O–H groups in total. The van der Waals surface area contributed by atoms with Crippen LogP contribution in [0.1, 0.15) is 63.8 Å². The molecule has 0 saturated heterocycles. The Morgan fingerprint density at radius 2 is 2.12 bits per heavy atom. The van der Waals surface area contributed by atoms with Crippen LogP contribution in [-0.4, -0.2) is 11.0 Å². The van der Waals surface area contributed by atoms with E-state index in [2.05, 4.69) is 31.1 Å². The highest BCUT2D eigenvalue weighted by molar-refractivity contribution is 7.09. The summed E-state index contributed by atoms with van der Waals surface area (Å²) < 4.78 is 0. The summed E-state index contributed by atoms with van der Waals surface area (Å²) in [5.74, 6) is 0. The first kappa shape index (κ1) is 13.7. The minimum atomic E-state index is 0.439. The Hall–Kier alpha value is -0.410. The van der Waals surface area contributed by atoms with Crippen molar-refractivity contribution < 1.29 is 0 Å². The number of thiazole rings is 1. The smallest absolute Gasteiger partial charge is 0.0794 e. The van der Waals surface area contributed by atoms with E-state index in [1.165, 1.54) is 37.0 Å². The second-order valence-corrected chi connectivity index (χ2v) is 5.46. The summed E-state index contributed by atoms with van der Waals surface area (Å²) in [7, 11) is 0. The van der Waals surface area contributed by atoms with Gasteiger partial charge in [0.15, 0.2) is 0 Å². The topological polar surface area (TPSA) is 24.9 Å². The van der Waals surface area contributed by atoms with Crippen molar-refractivity contribution in [3.05, 3.63) is 16.6 Å². The number of rotatable bonds is 8. The zero-order valence-electron chi connectivity index (χ0n) is 10.7. The first-order valence-electron chi connectivity index (χ1n) is 6.38. The van der Waals surface area contributed by atoms with Crippen LogP contribution in [0.25, 0.3) is 0 Å². The fourth-order valence-corrected chi connectivity index (χ4v) is 2.55. The lowest BCUT2D eigenvalue weighted by Crippen LogP contribution is -2.28. The Bertz CT molecular complexity index is 259. The predicted molar refractivity (Wildman–Crippen MR) is 71.9 cm³/mol. The normalized spacial score (nSPS) is 14.9. The van der Waals surface area contributed by atoms with Crippen LogP contribution in [0.3, 0.4) is 0 Å². The molecule has 1 rings (SSSR count). The molecule has 1 aromatic rings. The molecule has 0 aliphatic rings. The molecular weight excluding hydrogens is 216 g/mol. The Morgan fingerprint density at radius 3 is 2.75 bits per heavy atom. The van der Waals surface area contributed by atoms with Crippen LogP contribution in [0.2, 0.25) is 0 Å². The van der Waals surface area contributed by atoms with Crippen LogP contribution in [0, 0.1) is 0 Å².